The molecule has 2 aliphatic heterocycles. The molecule has 228 valence electrons. The Hall–Kier alpha value is -3.33. The standard InChI is InChI=1S/C27H34ClFN6O6S/c1-3-41-22(36)13-20(18-5-4-6-19(29)23(18)28)32-24(25-31-8-12-42-25)30-7-9-33-10-11-35-17(14-33)15-34(27(35)39)16-21(40-2)26(37)38/h4-6,8,12,17,20-21H,3,7,9-11,13-16H2,1-2H3,(H,30,32)(H,37,38). The molecular formula is C27H34ClFN6O6S. The number of nitrogens with one attached hydrogen (secondary N) is 1. The highest BCUT2D eigenvalue weighted by molar-refractivity contribution is 7.11. The van der Waals surface area contributed by atoms with E-state index in [0.29, 0.717) is 55.7 Å². The van der Waals surface area contributed by atoms with Crippen LogP contribution < -0.4 is 5.32 Å². The Morgan fingerprint density at radius 3 is 2.83 bits per heavy atom. The summed E-state index contributed by atoms with van der Waals surface area (Å²) in [5.41, 5.74) is 0.402. The number of benzene rings is 1. The zero-order valence-corrected chi connectivity index (χ0v) is 24.9. The van der Waals surface area contributed by atoms with Crippen LogP contribution in [0.3, 0.4) is 0 Å². The minimum atomic E-state index is -1.11. The maximum atomic E-state index is 14.3. The van der Waals surface area contributed by atoms with Crippen LogP contribution in [0.1, 0.15) is 30.0 Å². The maximum absolute atomic E-state index is 14.3. The fourth-order valence-electron chi connectivity index (χ4n) is 5.05. The number of aromatic nitrogens is 1. The van der Waals surface area contributed by atoms with E-state index in [2.05, 4.69) is 15.2 Å². The van der Waals surface area contributed by atoms with Gasteiger partial charge < -0.3 is 29.7 Å². The van der Waals surface area contributed by atoms with Crippen molar-refractivity contribution < 1.29 is 33.4 Å². The first-order valence-electron chi connectivity index (χ1n) is 13.6. The van der Waals surface area contributed by atoms with Gasteiger partial charge in [-0.05, 0) is 18.6 Å². The van der Waals surface area contributed by atoms with Gasteiger partial charge in [0.25, 0.3) is 0 Å². The second-order valence-electron chi connectivity index (χ2n) is 9.81. The Labute approximate surface area is 252 Å². The summed E-state index contributed by atoms with van der Waals surface area (Å²) in [5.74, 6) is -1.73. The van der Waals surface area contributed by atoms with E-state index in [1.165, 1.54) is 35.5 Å². The van der Waals surface area contributed by atoms with E-state index >= 15 is 0 Å². The lowest BCUT2D eigenvalue weighted by atomic mass is 10.0. The average Bonchev–Trinajstić information content (AvgIpc) is 3.60. The normalized spacial score (nSPS) is 19.0. The molecule has 42 heavy (non-hydrogen) atoms. The zero-order valence-electron chi connectivity index (χ0n) is 23.4. The van der Waals surface area contributed by atoms with E-state index in [4.69, 9.17) is 26.1 Å². The quantitative estimate of drug-likeness (QED) is 0.196. The Balaban J connectivity index is 1.43. The Morgan fingerprint density at radius 2 is 2.14 bits per heavy atom. The number of rotatable bonds is 13. The van der Waals surface area contributed by atoms with Gasteiger partial charge in [0.05, 0.1) is 43.2 Å². The van der Waals surface area contributed by atoms with E-state index in [9.17, 15) is 23.9 Å². The van der Waals surface area contributed by atoms with Gasteiger partial charge in [-0.3, -0.25) is 14.7 Å². The number of carbonyl (C=O) groups is 3. The summed E-state index contributed by atoms with van der Waals surface area (Å²) in [7, 11) is 1.32. The molecule has 0 radical (unpaired) electrons. The molecule has 2 N–H and O–H groups in total. The summed E-state index contributed by atoms with van der Waals surface area (Å²) in [4.78, 5) is 51.3. The number of amidine groups is 1. The molecule has 0 bridgehead atoms. The van der Waals surface area contributed by atoms with Crippen molar-refractivity contribution in [2.45, 2.75) is 31.5 Å². The van der Waals surface area contributed by atoms with Crippen LogP contribution in [0.15, 0.2) is 34.8 Å². The van der Waals surface area contributed by atoms with Gasteiger partial charge in [0.2, 0.25) is 0 Å². The number of carboxylic acid groups (broad SMARTS) is 1. The molecule has 0 aliphatic carbocycles. The molecule has 15 heteroatoms. The predicted molar refractivity (Wildman–Crippen MR) is 154 cm³/mol. The highest BCUT2D eigenvalue weighted by Gasteiger charge is 2.41. The Morgan fingerprint density at radius 1 is 1.33 bits per heavy atom. The van der Waals surface area contributed by atoms with E-state index in [-0.39, 0.29) is 36.7 Å². The van der Waals surface area contributed by atoms with Crippen molar-refractivity contribution in [1.82, 2.24) is 25.0 Å². The smallest absolute Gasteiger partial charge is 0.334 e. The number of nitrogens with zero attached hydrogens (tertiary/aromatic N) is 5. The molecule has 12 nitrogen and oxygen atoms in total. The summed E-state index contributed by atoms with van der Waals surface area (Å²) in [5, 5.41) is 14.9. The Kier molecular flexibility index (Phi) is 11.1. The first-order chi connectivity index (χ1) is 20.2. The van der Waals surface area contributed by atoms with E-state index in [1.54, 1.807) is 24.1 Å². The fourth-order valence-corrected chi connectivity index (χ4v) is 5.91. The maximum Gasteiger partial charge on any atom is 0.334 e. The fraction of sp³-hybridized carbons (Fsp3) is 0.519. The molecule has 0 saturated carbocycles. The number of methoxy groups -OCH3 is 1. The number of amides is 2. The van der Waals surface area contributed by atoms with Crippen molar-refractivity contribution in [2.24, 2.45) is 4.99 Å². The molecule has 2 fully saturated rings. The lowest BCUT2D eigenvalue weighted by Crippen LogP contribution is -2.52. The topological polar surface area (TPSA) is 137 Å². The molecule has 1 aromatic heterocycles. The van der Waals surface area contributed by atoms with Crippen LogP contribution in [0.4, 0.5) is 9.18 Å². The number of aliphatic carboxylic acids is 1. The number of carbonyl (C=O) groups excluding carboxylic acids is 2. The van der Waals surface area contributed by atoms with Crippen molar-refractivity contribution in [3.8, 4) is 0 Å². The van der Waals surface area contributed by atoms with Gasteiger partial charge in [-0.2, -0.15) is 0 Å². The molecule has 0 spiro atoms. The zero-order chi connectivity index (χ0) is 30.2. The summed E-state index contributed by atoms with van der Waals surface area (Å²) in [6.07, 6.45) is 0.474. The van der Waals surface area contributed by atoms with Gasteiger partial charge in [0, 0.05) is 51.4 Å². The van der Waals surface area contributed by atoms with Crippen LogP contribution in [0, 0.1) is 5.82 Å². The number of thiazole rings is 1. The lowest BCUT2D eigenvalue weighted by molar-refractivity contribution is -0.149. The van der Waals surface area contributed by atoms with Gasteiger partial charge in [0.1, 0.15) is 5.82 Å². The molecule has 3 heterocycles. The molecule has 1 aromatic carbocycles. The third kappa shape index (κ3) is 7.73. The van der Waals surface area contributed by atoms with Crippen LogP contribution in [0.25, 0.3) is 0 Å². The van der Waals surface area contributed by atoms with Crippen LogP contribution in [-0.4, -0.2) is 120 Å². The van der Waals surface area contributed by atoms with Crippen LogP contribution >= 0.6 is 22.9 Å². The number of fused-ring (bicyclic) bond motifs is 1. The minimum Gasteiger partial charge on any atom is -0.479 e. The molecule has 2 aromatic rings. The summed E-state index contributed by atoms with van der Waals surface area (Å²) < 4.78 is 24.5. The first-order valence-corrected chi connectivity index (χ1v) is 14.8. The van der Waals surface area contributed by atoms with Gasteiger partial charge in [0.15, 0.2) is 16.9 Å². The van der Waals surface area contributed by atoms with E-state index in [0.717, 1.165) is 0 Å². The number of halogens is 2. The predicted octanol–water partition coefficient (Wildman–Crippen LogP) is 2.49. The number of aliphatic imine (C=N–C) groups is 1. The number of hydrogen-bond donors (Lipinski definition) is 2. The summed E-state index contributed by atoms with van der Waals surface area (Å²) in [6, 6.07) is 3.47. The molecule has 2 saturated heterocycles. The first kappa shape index (κ1) is 31.6. The lowest BCUT2D eigenvalue weighted by Gasteiger charge is -2.36. The number of urea groups is 1. The van der Waals surface area contributed by atoms with Crippen molar-refractivity contribution >= 4 is 46.7 Å². The monoisotopic (exact) mass is 624 g/mol. The van der Waals surface area contributed by atoms with E-state index in [1.807, 2.05) is 5.38 Å². The van der Waals surface area contributed by atoms with Crippen molar-refractivity contribution in [3.63, 3.8) is 0 Å². The second kappa shape index (κ2) is 14.7. The molecule has 3 atom stereocenters. The molecule has 4 rings (SSSR count). The Bertz CT molecular complexity index is 1280. The van der Waals surface area contributed by atoms with E-state index < -0.39 is 29.9 Å². The van der Waals surface area contributed by atoms with Crippen LogP contribution in [0.2, 0.25) is 5.02 Å². The summed E-state index contributed by atoms with van der Waals surface area (Å²) >= 11 is 7.65. The summed E-state index contributed by atoms with van der Waals surface area (Å²) in [6.45, 7) is 5.09. The van der Waals surface area contributed by atoms with Crippen molar-refractivity contribution in [3.05, 3.63) is 51.2 Å². The van der Waals surface area contributed by atoms with Gasteiger partial charge >= 0.3 is 18.0 Å². The minimum absolute atomic E-state index is 0.00685. The molecular weight excluding hydrogens is 591 g/mol. The van der Waals surface area contributed by atoms with Gasteiger partial charge in [-0.1, -0.05) is 23.7 Å². The third-order valence-electron chi connectivity index (χ3n) is 7.13. The number of carboxylic acids is 1. The molecule has 2 aliphatic rings. The third-order valence-corrected chi connectivity index (χ3v) is 8.30. The second-order valence-corrected chi connectivity index (χ2v) is 11.1. The number of hydrogen-bond acceptors (Lipinski definition) is 9. The molecule has 2 amide bonds. The van der Waals surface area contributed by atoms with Crippen LogP contribution in [0.5, 0.6) is 0 Å². The van der Waals surface area contributed by atoms with Gasteiger partial charge in [-0.25, -0.2) is 19.0 Å². The van der Waals surface area contributed by atoms with Crippen molar-refractivity contribution in [1.29, 1.82) is 0 Å². The van der Waals surface area contributed by atoms with Crippen molar-refractivity contribution in [2.75, 3.05) is 59.5 Å². The highest BCUT2D eigenvalue weighted by atomic mass is 35.5. The average molecular weight is 625 g/mol. The number of ether oxygens (including phenoxy) is 2. The number of piperazine rings is 1. The largest absolute Gasteiger partial charge is 0.479 e. The number of esters is 1. The molecule has 3 unspecified atom stereocenters. The van der Waals surface area contributed by atoms with Crippen LogP contribution in [-0.2, 0) is 19.1 Å². The highest BCUT2D eigenvalue weighted by Crippen LogP contribution is 2.29. The SMILES string of the molecule is CCOC(=O)CC(NC(=NCCN1CCN2C(=O)N(CC(OC)C(=O)O)CC2C1)c1nccs1)c1cccc(F)c1Cl. The van der Waals surface area contributed by atoms with Gasteiger partial charge in [-0.15, -0.1) is 11.3 Å².